The lowest BCUT2D eigenvalue weighted by molar-refractivity contribution is 0.0934. The molecule has 0 spiro atoms. The van der Waals surface area contributed by atoms with E-state index in [1.807, 2.05) is 0 Å². The summed E-state index contributed by atoms with van der Waals surface area (Å²) < 4.78 is 46.9. The molecule has 2 atom stereocenters. The molecule has 2 aromatic carbocycles. The topological polar surface area (TPSA) is 84.5 Å². The third kappa shape index (κ3) is 4.85. The number of thioether (sulfide) groups is 1. The number of halogens is 1. The summed E-state index contributed by atoms with van der Waals surface area (Å²) >= 11 is 1.63. The Labute approximate surface area is 179 Å². The number of ether oxygens (including phenoxy) is 1. The number of rotatable bonds is 6. The van der Waals surface area contributed by atoms with Gasteiger partial charge in [-0.3, -0.25) is 4.79 Å². The molecule has 0 bridgehead atoms. The molecule has 0 aromatic heterocycles. The number of hydrogen-bond acceptors (Lipinski definition) is 5. The summed E-state index contributed by atoms with van der Waals surface area (Å²) in [5, 5.41) is 2.92. The van der Waals surface area contributed by atoms with E-state index in [1.54, 1.807) is 30.0 Å². The van der Waals surface area contributed by atoms with Gasteiger partial charge in [-0.25, -0.2) is 17.5 Å². The van der Waals surface area contributed by atoms with E-state index >= 15 is 0 Å². The molecule has 2 heterocycles. The summed E-state index contributed by atoms with van der Waals surface area (Å²) in [6.45, 7) is 0.857. The maximum atomic E-state index is 13.7. The van der Waals surface area contributed by atoms with Crippen molar-refractivity contribution in [1.82, 2.24) is 10.0 Å². The number of nitrogens with one attached hydrogen (secondary N) is 2. The molecule has 4 rings (SSSR count). The van der Waals surface area contributed by atoms with Crippen molar-refractivity contribution in [3.8, 4) is 0 Å². The van der Waals surface area contributed by atoms with Crippen LogP contribution in [0.1, 0.15) is 41.2 Å². The zero-order valence-corrected chi connectivity index (χ0v) is 17.9. The number of sulfonamides is 1. The Balaban J connectivity index is 1.47. The number of benzene rings is 2. The maximum absolute atomic E-state index is 13.7. The molecule has 0 unspecified atom stereocenters. The van der Waals surface area contributed by atoms with Crippen molar-refractivity contribution in [2.24, 2.45) is 0 Å². The van der Waals surface area contributed by atoms with Crippen LogP contribution in [-0.2, 0) is 14.8 Å². The van der Waals surface area contributed by atoms with E-state index in [0.29, 0.717) is 13.0 Å². The molecular weight excluding hydrogens is 427 g/mol. The van der Waals surface area contributed by atoms with Crippen molar-refractivity contribution in [3.63, 3.8) is 0 Å². The van der Waals surface area contributed by atoms with E-state index in [9.17, 15) is 17.6 Å². The highest BCUT2D eigenvalue weighted by Crippen LogP contribution is 2.36. The SMILES string of the molecule is O=C(N[C@@H]1CCSc2ccc(F)cc21)c1cccc(S(=O)(=O)NC[C@H]2CCCO2)c1. The predicted molar refractivity (Wildman–Crippen MR) is 113 cm³/mol. The summed E-state index contributed by atoms with van der Waals surface area (Å²) in [5.41, 5.74) is 0.993. The summed E-state index contributed by atoms with van der Waals surface area (Å²) in [7, 11) is -3.75. The highest BCUT2D eigenvalue weighted by molar-refractivity contribution is 7.99. The van der Waals surface area contributed by atoms with Crippen LogP contribution < -0.4 is 10.0 Å². The summed E-state index contributed by atoms with van der Waals surface area (Å²) in [5.74, 6) is 0.0738. The first kappa shape index (κ1) is 21.3. The van der Waals surface area contributed by atoms with Gasteiger partial charge in [-0.15, -0.1) is 11.8 Å². The van der Waals surface area contributed by atoms with Crippen LogP contribution in [0.3, 0.4) is 0 Å². The largest absolute Gasteiger partial charge is 0.377 e. The van der Waals surface area contributed by atoms with Crippen LogP contribution in [0.25, 0.3) is 0 Å². The molecule has 30 heavy (non-hydrogen) atoms. The summed E-state index contributed by atoms with van der Waals surface area (Å²) in [4.78, 5) is 13.8. The quantitative estimate of drug-likeness (QED) is 0.706. The Bertz CT molecular complexity index is 1040. The predicted octanol–water partition coefficient (Wildman–Crippen LogP) is 3.25. The number of hydrogen-bond donors (Lipinski definition) is 2. The van der Waals surface area contributed by atoms with E-state index in [4.69, 9.17) is 4.74 Å². The van der Waals surface area contributed by atoms with Crippen molar-refractivity contribution in [2.45, 2.75) is 41.2 Å². The Kier molecular flexibility index (Phi) is 6.43. The van der Waals surface area contributed by atoms with Crippen molar-refractivity contribution in [3.05, 3.63) is 59.4 Å². The average Bonchev–Trinajstić information content (AvgIpc) is 3.27. The van der Waals surface area contributed by atoms with Gasteiger partial charge in [0.05, 0.1) is 17.0 Å². The standard InChI is InChI=1S/C21H23FN2O4S2/c22-15-6-7-20-18(12-15)19(8-10-29-20)24-21(25)14-3-1-5-17(11-14)30(26,27)23-13-16-4-2-9-28-16/h1,3,5-7,11-12,16,19,23H,2,4,8-10,13H2,(H,24,25)/t16-,19-/m1/s1. The molecule has 2 N–H and O–H groups in total. The molecule has 160 valence electrons. The molecule has 6 nitrogen and oxygen atoms in total. The van der Waals surface area contributed by atoms with E-state index < -0.39 is 15.9 Å². The number of amides is 1. The molecule has 1 fully saturated rings. The fraction of sp³-hybridized carbons (Fsp3) is 0.381. The van der Waals surface area contributed by atoms with Crippen molar-refractivity contribution in [2.75, 3.05) is 18.9 Å². The molecule has 2 aliphatic rings. The van der Waals surface area contributed by atoms with Crippen LogP contribution in [0, 0.1) is 5.82 Å². The maximum Gasteiger partial charge on any atom is 0.251 e. The molecule has 9 heteroatoms. The van der Waals surface area contributed by atoms with Gasteiger partial charge in [-0.2, -0.15) is 0 Å². The van der Waals surface area contributed by atoms with E-state index in [1.165, 1.54) is 24.3 Å². The van der Waals surface area contributed by atoms with Gasteiger partial charge in [0.1, 0.15) is 5.82 Å². The number of fused-ring (bicyclic) bond motifs is 1. The fourth-order valence-corrected chi connectivity index (χ4v) is 5.87. The van der Waals surface area contributed by atoms with Crippen LogP contribution >= 0.6 is 11.8 Å². The molecule has 1 saturated heterocycles. The first-order valence-electron chi connectivity index (χ1n) is 9.87. The highest BCUT2D eigenvalue weighted by atomic mass is 32.2. The molecule has 2 aliphatic heterocycles. The van der Waals surface area contributed by atoms with E-state index in [-0.39, 0.29) is 35.0 Å². The van der Waals surface area contributed by atoms with Gasteiger partial charge in [-0.05, 0) is 61.2 Å². The normalized spacial score (nSPS) is 21.2. The monoisotopic (exact) mass is 450 g/mol. The Morgan fingerprint density at radius 3 is 2.87 bits per heavy atom. The molecule has 1 amide bonds. The minimum Gasteiger partial charge on any atom is -0.377 e. The molecular formula is C21H23FN2O4S2. The second kappa shape index (κ2) is 9.05. The second-order valence-corrected chi connectivity index (χ2v) is 10.3. The molecule has 0 saturated carbocycles. The van der Waals surface area contributed by atoms with Crippen LogP contribution in [0.2, 0.25) is 0 Å². The van der Waals surface area contributed by atoms with Gasteiger partial charge >= 0.3 is 0 Å². The van der Waals surface area contributed by atoms with Crippen LogP contribution in [0.5, 0.6) is 0 Å². The van der Waals surface area contributed by atoms with Crippen LogP contribution in [0.4, 0.5) is 4.39 Å². The zero-order chi connectivity index (χ0) is 21.1. The van der Waals surface area contributed by atoms with Gasteiger partial charge in [-0.1, -0.05) is 6.07 Å². The Hall–Kier alpha value is -1.94. The zero-order valence-electron chi connectivity index (χ0n) is 16.3. The molecule has 0 radical (unpaired) electrons. The average molecular weight is 451 g/mol. The third-order valence-electron chi connectivity index (χ3n) is 5.25. The highest BCUT2D eigenvalue weighted by Gasteiger charge is 2.25. The van der Waals surface area contributed by atoms with Gasteiger partial charge in [0.25, 0.3) is 5.91 Å². The molecule has 2 aromatic rings. The van der Waals surface area contributed by atoms with E-state index in [2.05, 4.69) is 10.0 Å². The third-order valence-corrected chi connectivity index (χ3v) is 7.79. The van der Waals surface area contributed by atoms with Crippen molar-refractivity contribution < 1.29 is 22.3 Å². The van der Waals surface area contributed by atoms with Crippen molar-refractivity contribution in [1.29, 1.82) is 0 Å². The number of carbonyl (C=O) groups is 1. The van der Waals surface area contributed by atoms with Crippen molar-refractivity contribution >= 4 is 27.7 Å². The molecule has 0 aliphatic carbocycles. The summed E-state index contributed by atoms with van der Waals surface area (Å²) in [6.07, 6.45) is 2.31. The minimum absolute atomic E-state index is 0.0267. The lowest BCUT2D eigenvalue weighted by Gasteiger charge is -2.26. The minimum atomic E-state index is -3.75. The number of carbonyl (C=O) groups excluding carboxylic acids is 1. The lowest BCUT2D eigenvalue weighted by Crippen LogP contribution is -2.32. The first-order chi connectivity index (χ1) is 14.4. The van der Waals surface area contributed by atoms with Gasteiger partial charge in [0.2, 0.25) is 10.0 Å². The Morgan fingerprint density at radius 2 is 2.07 bits per heavy atom. The fourth-order valence-electron chi connectivity index (χ4n) is 3.65. The lowest BCUT2D eigenvalue weighted by atomic mass is 10.0. The van der Waals surface area contributed by atoms with Crippen LogP contribution in [-0.4, -0.2) is 39.3 Å². The summed E-state index contributed by atoms with van der Waals surface area (Å²) in [6, 6.07) is 10.2. The van der Waals surface area contributed by atoms with Crippen LogP contribution in [0.15, 0.2) is 52.3 Å². The van der Waals surface area contributed by atoms with Gasteiger partial charge < -0.3 is 10.1 Å². The van der Waals surface area contributed by atoms with Gasteiger partial charge in [0.15, 0.2) is 0 Å². The second-order valence-electron chi connectivity index (χ2n) is 7.36. The first-order valence-corrected chi connectivity index (χ1v) is 12.3. The van der Waals surface area contributed by atoms with Gasteiger partial charge in [0, 0.05) is 29.4 Å². The Morgan fingerprint density at radius 1 is 1.20 bits per heavy atom. The van der Waals surface area contributed by atoms with E-state index in [0.717, 1.165) is 29.1 Å². The smallest absolute Gasteiger partial charge is 0.251 e.